The first-order chi connectivity index (χ1) is 8.68. The molecule has 2 N–H and O–H groups in total. The standard InChI is InChI=1S/C13H11ClN4/c1-18-12-8(14)4-2-6-10(12)17-13(18)11-9(15)5-3-7-16-11/h2-7H,15H2,1H3. The number of nitrogens with zero attached hydrogens (tertiary/aromatic N) is 3. The highest BCUT2D eigenvalue weighted by Crippen LogP contribution is 2.29. The third kappa shape index (κ3) is 1.54. The topological polar surface area (TPSA) is 56.7 Å². The molecular formula is C13H11ClN4. The van der Waals surface area contributed by atoms with Gasteiger partial charge in [0, 0.05) is 13.2 Å². The van der Waals surface area contributed by atoms with E-state index in [4.69, 9.17) is 17.3 Å². The Kier molecular flexibility index (Phi) is 2.45. The number of benzene rings is 1. The summed E-state index contributed by atoms with van der Waals surface area (Å²) < 4.78 is 1.91. The maximum absolute atomic E-state index is 6.19. The lowest BCUT2D eigenvalue weighted by Gasteiger charge is -2.04. The Labute approximate surface area is 109 Å². The van der Waals surface area contributed by atoms with Crippen molar-refractivity contribution < 1.29 is 0 Å². The summed E-state index contributed by atoms with van der Waals surface area (Å²) in [6.45, 7) is 0. The number of halogens is 1. The van der Waals surface area contributed by atoms with Crippen molar-refractivity contribution >= 4 is 28.3 Å². The normalized spacial score (nSPS) is 11.0. The van der Waals surface area contributed by atoms with Crippen molar-refractivity contribution in [1.29, 1.82) is 0 Å². The van der Waals surface area contributed by atoms with Crippen LogP contribution in [-0.2, 0) is 7.05 Å². The molecule has 90 valence electrons. The molecule has 2 aromatic heterocycles. The Morgan fingerprint density at radius 2 is 2.06 bits per heavy atom. The zero-order valence-corrected chi connectivity index (χ0v) is 10.5. The first-order valence-electron chi connectivity index (χ1n) is 5.50. The van der Waals surface area contributed by atoms with Gasteiger partial charge in [-0.25, -0.2) is 4.98 Å². The molecule has 0 spiro atoms. The van der Waals surface area contributed by atoms with Crippen LogP contribution < -0.4 is 5.73 Å². The van der Waals surface area contributed by atoms with E-state index in [1.165, 1.54) is 0 Å². The number of anilines is 1. The summed E-state index contributed by atoms with van der Waals surface area (Å²) in [5.41, 5.74) is 8.94. The van der Waals surface area contributed by atoms with Crippen LogP contribution in [0.4, 0.5) is 5.69 Å². The highest BCUT2D eigenvalue weighted by molar-refractivity contribution is 6.35. The molecule has 0 unspecified atom stereocenters. The Hall–Kier alpha value is -2.07. The van der Waals surface area contributed by atoms with Crippen LogP contribution >= 0.6 is 11.6 Å². The van der Waals surface area contributed by atoms with E-state index in [1.807, 2.05) is 35.9 Å². The molecule has 0 atom stereocenters. The van der Waals surface area contributed by atoms with E-state index < -0.39 is 0 Å². The van der Waals surface area contributed by atoms with E-state index in [1.54, 1.807) is 12.3 Å². The monoisotopic (exact) mass is 258 g/mol. The summed E-state index contributed by atoms with van der Waals surface area (Å²) in [7, 11) is 1.91. The second-order valence-electron chi connectivity index (χ2n) is 4.04. The van der Waals surface area contributed by atoms with Crippen LogP contribution in [0.2, 0.25) is 5.02 Å². The number of fused-ring (bicyclic) bond motifs is 1. The van der Waals surface area contributed by atoms with Crippen molar-refractivity contribution in [3.63, 3.8) is 0 Å². The van der Waals surface area contributed by atoms with Crippen LogP contribution in [0.15, 0.2) is 36.5 Å². The highest BCUT2D eigenvalue weighted by atomic mass is 35.5. The molecule has 0 aliphatic rings. The van der Waals surface area contributed by atoms with E-state index in [0.29, 0.717) is 16.4 Å². The fraction of sp³-hybridized carbons (Fsp3) is 0.0769. The lowest BCUT2D eigenvalue weighted by atomic mass is 10.3. The van der Waals surface area contributed by atoms with Gasteiger partial charge in [0.15, 0.2) is 5.82 Å². The average molecular weight is 259 g/mol. The number of aromatic nitrogens is 3. The van der Waals surface area contributed by atoms with Gasteiger partial charge in [-0.05, 0) is 24.3 Å². The fourth-order valence-electron chi connectivity index (χ4n) is 2.04. The van der Waals surface area contributed by atoms with Gasteiger partial charge in [-0.3, -0.25) is 4.98 Å². The van der Waals surface area contributed by atoms with Crippen LogP contribution in [0.5, 0.6) is 0 Å². The molecule has 0 saturated heterocycles. The van der Waals surface area contributed by atoms with Crippen LogP contribution in [0.25, 0.3) is 22.6 Å². The molecule has 4 nitrogen and oxygen atoms in total. The second kappa shape index (κ2) is 3.99. The number of hydrogen-bond acceptors (Lipinski definition) is 3. The maximum Gasteiger partial charge on any atom is 0.161 e. The predicted molar refractivity (Wildman–Crippen MR) is 73.4 cm³/mol. The molecule has 3 aromatic rings. The van der Waals surface area contributed by atoms with Crippen molar-refractivity contribution in [3.05, 3.63) is 41.6 Å². The molecular weight excluding hydrogens is 248 g/mol. The van der Waals surface area contributed by atoms with Crippen LogP contribution in [0, 0.1) is 0 Å². The van der Waals surface area contributed by atoms with Gasteiger partial charge in [0.1, 0.15) is 5.69 Å². The Bertz CT molecular complexity index is 733. The smallest absolute Gasteiger partial charge is 0.161 e. The van der Waals surface area contributed by atoms with Gasteiger partial charge in [0.05, 0.1) is 21.7 Å². The van der Waals surface area contributed by atoms with E-state index in [9.17, 15) is 0 Å². The summed E-state index contributed by atoms with van der Waals surface area (Å²) in [5, 5.41) is 0.670. The number of aryl methyl sites for hydroxylation is 1. The molecule has 5 heteroatoms. The molecule has 0 amide bonds. The summed E-state index contributed by atoms with van der Waals surface area (Å²) in [5.74, 6) is 0.719. The summed E-state index contributed by atoms with van der Waals surface area (Å²) >= 11 is 6.19. The zero-order valence-electron chi connectivity index (χ0n) is 9.76. The van der Waals surface area contributed by atoms with Gasteiger partial charge in [-0.15, -0.1) is 0 Å². The van der Waals surface area contributed by atoms with Gasteiger partial charge in [0.25, 0.3) is 0 Å². The van der Waals surface area contributed by atoms with E-state index in [-0.39, 0.29) is 0 Å². The van der Waals surface area contributed by atoms with Gasteiger partial charge < -0.3 is 10.3 Å². The molecule has 3 rings (SSSR count). The summed E-state index contributed by atoms with van der Waals surface area (Å²) in [6.07, 6.45) is 1.70. The number of hydrogen-bond donors (Lipinski definition) is 1. The third-order valence-electron chi connectivity index (χ3n) is 2.90. The van der Waals surface area contributed by atoms with Crippen LogP contribution in [-0.4, -0.2) is 14.5 Å². The minimum atomic E-state index is 0.604. The number of nitrogens with two attached hydrogens (primary N) is 1. The van der Waals surface area contributed by atoms with Crippen molar-refractivity contribution in [2.75, 3.05) is 5.73 Å². The molecule has 1 aromatic carbocycles. The Morgan fingerprint density at radius 3 is 2.78 bits per heavy atom. The van der Waals surface area contributed by atoms with E-state index >= 15 is 0 Å². The largest absolute Gasteiger partial charge is 0.397 e. The van der Waals surface area contributed by atoms with Crippen molar-refractivity contribution in [2.45, 2.75) is 0 Å². The SMILES string of the molecule is Cn1c(-c2ncccc2N)nc2cccc(Cl)c21. The first-order valence-corrected chi connectivity index (χ1v) is 5.88. The minimum absolute atomic E-state index is 0.604. The fourth-order valence-corrected chi connectivity index (χ4v) is 2.33. The Morgan fingerprint density at radius 1 is 1.22 bits per heavy atom. The van der Waals surface area contributed by atoms with Gasteiger partial charge in [0.2, 0.25) is 0 Å². The Balaban J connectivity index is 2.35. The maximum atomic E-state index is 6.19. The zero-order chi connectivity index (χ0) is 12.7. The van der Waals surface area contributed by atoms with Gasteiger partial charge in [-0.2, -0.15) is 0 Å². The highest BCUT2D eigenvalue weighted by Gasteiger charge is 2.14. The van der Waals surface area contributed by atoms with Gasteiger partial charge in [-0.1, -0.05) is 17.7 Å². The lowest BCUT2D eigenvalue weighted by molar-refractivity contribution is 0.951. The molecule has 0 radical (unpaired) electrons. The first kappa shape index (κ1) is 11.0. The summed E-state index contributed by atoms with van der Waals surface area (Å²) in [6, 6.07) is 9.25. The second-order valence-corrected chi connectivity index (χ2v) is 4.45. The van der Waals surface area contributed by atoms with Crippen LogP contribution in [0.3, 0.4) is 0 Å². The summed E-state index contributed by atoms with van der Waals surface area (Å²) in [4.78, 5) is 8.82. The number of imidazole rings is 1. The quantitative estimate of drug-likeness (QED) is 0.730. The van der Waals surface area contributed by atoms with Crippen molar-refractivity contribution in [3.8, 4) is 11.5 Å². The molecule has 2 heterocycles. The van der Waals surface area contributed by atoms with E-state index in [0.717, 1.165) is 16.9 Å². The van der Waals surface area contributed by atoms with Gasteiger partial charge >= 0.3 is 0 Å². The molecule has 0 fully saturated rings. The molecule has 18 heavy (non-hydrogen) atoms. The van der Waals surface area contributed by atoms with E-state index in [2.05, 4.69) is 9.97 Å². The predicted octanol–water partition coefficient (Wildman–Crippen LogP) is 2.87. The third-order valence-corrected chi connectivity index (χ3v) is 3.20. The molecule has 0 aliphatic carbocycles. The molecule has 0 saturated carbocycles. The lowest BCUT2D eigenvalue weighted by Crippen LogP contribution is -1.99. The number of nitrogen functional groups attached to an aromatic ring is 1. The molecule has 0 bridgehead atoms. The van der Waals surface area contributed by atoms with Crippen molar-refractivity contribution in [1.82, 2.24) is 14.5 Å². The van der Waals surface area contributed by atoms with Crippen molar-refractivity contribution in [2.24, 2.45) is 7.05 Å². The van der Waals surface area contributed by atoms with Crippen LogP contribution in [0.1, 0.15) is 0 Å². The average Bonchev–Trinajstić information content (AvgIpc) is 2.69. The minimum Gasteiger partial charge on any atom is -0.397 e. The number of pyridine rings is 1. The number of para-hydroxylation sites is 1. The molecule has 0 aliphatic heterocycles. The number of rotatable bonds is 1.